The van der Waals surface area contributed by atoms with Gasteiger partial charge in [0, 0.05) is 0 Å². The molecule has 5 aromatic rings. The van der Waals surface area contributed by atoms with Gasteiger partial charge in [-0.2, -0.15) is 0 Å². The summed E-state index contributed by atoms with van der Waals surface area (Å²) in [5.41, 5.74) is 1.46. The maximum Gasteiger partial charge on any atom is 0.297 e. The summed E-state index contributed by atoms with van der Waals surface area (Å²) in [5, 5.41) is 0.803. The molecule has 0 fully saturated rings. The minimum Gasteiger partial charge on any atom is -0.450 e. The molecule has 0 aliphatic carbocycles. The number of fused-ring (bicyclic) bond motifs is 3. The number of hydrogen-bond donors (Lipinski definition) is 0. The molecular weight excluding hydrogens is 415 g/mol. The van der Waals surface area contributed by atoms with Crippen molar-refractivity contribution in [3.63, 3.8) is 0 Å². The minimum absolute atomic E-state index is 0.0304. The van der Waals surface area contributed by atoms with Gasteiger partial charge in [-0.1, -0.05) is 47.7 Å². The number of amides is 1. The number of carbonyl (C=O) groups is 1. The number of aromatic nitrogens is 1. The molecule has 1 amide bonds. The highest BCUT2D eigenvalue weighted by molar-refractivity contribution is 7.22. The summed E-state index contributed by atoms with van der Waals surface area (Å²) in [7, 11) is 0. The zero-order valence-electron chi connectivity index (χ0n) is 15.9. The normalized spacial score (nSPS) is 15.7. The molecule has 1 aliphatic heterocycles. The van der Waals surface area contributed by atoms with Crippen LogP contribution in [0.1, 0.15) is 27.7 Å². The SMILES string of the molecule is O=C1c2oc3ccccc3c(=O)c2C(c2cccc(F)c2)N1c1nc2ccccc2s1. The third kappa shape index (κ3) is 2.63. The maximum atomic E-state index is 14.1. The van der Waals surface area contributed by atoms with Gasteiger partial charge in [-0.25, -0.2) is 9.37 Å². The summed E-state index contributed by atoms with van der Waals surface area (Å²) >= 11 is 1.34. The fourth-order valence-electron chi connectivity index (χ4n) is 4.07. The molecule has 31 heavy (non-hydrogen) atoms. The van der Waals surface area contributed by atoms with Gasteiger partial charge in [-0.15, -0.1) is 0 Å². The van der Waals surface area contributed by atoms with Gasteiger partial charge >= 0.3 is 0 Å². The van der Waals surface area contributed by atoms with Crippen LogP contribution in [-0.4, -0.2) is 10.9 Å². The number of para-hydroxylation sites is 2. The molecule has 0 saturated carbocycles. The molecule has 2 aromatic heterocycles. The molecule has 0 saturated heterocycles. The second-order valence-corrected chi connectivity index (χ2v) is 8.28. The summed E-state index contributed by atoms with van der Waals surface area (Å²) in [6.07, 6.45) is 0. The van der Waals surface area contributed by atoms with E-state index in [1.54, 1.807) is 36.4 Å². The van der Waals surface area contributed by atoms with Crippen molar-refractivity contribution in [1.82, 2.24) is 4.98 Å². The van der Waals surface area contributed by atoms with Crippen molar-refractivity contribution in [3.8, 4) is 0 Å². The van der Waals surface area contributed by atoms with Crippen molar-refractivity contribution in [1.29, 1.82) is 0 Å². The smallest absolute Gasteiger partial charge is 0.297 e. The lowest BCUT2D eigenvalue weighted by atomic mass is 9.98. The van der Waals surface area contributed by atoms with Crippen LogP contribution in [0.25, 0.3) is 21.2 Å². The second-order valence-electron chi connectivity index (χ2n) is 7.27. The van der Waals surface area contributed by atoms with Crippen LogP contribution in [0.15, 0.2) is 82.0 Å². The zero-order chi connectivity index (χ0) is 21.1. The summed E-state index contributed by atoms with van der Waals surface area (Å²) in [6, 6.07) is 19.4. The van der Waals surface area contributed by atoms with E-state index in [9.17, 15) is 14.0 Å². The van der Waals surface area contributed by atoms with Crippen LogP contribution >= 0.6 is 11.3 Å². The highest BCUT2D eigenvalue weighted by Gasteiger charge is 2.45. The predicted octanol–water partition coefficient (Wildman–Crippen LogP) is 5.29. The molecule has 6 rings (SSSR count). The predicted molar refractivity (Wildman–Crippen MR) is 117 cm³/mol. The first kappa shape index (κ1) is 18.0. The number of thiazole rings is 1. The largest absolute Gasteiger partial charge is 0.450 e. The molecule has 0 spiro atoms. The number of anilines is 1. The highest BCUT2D eigenvalue weighted by atomic mass is 32.1. The van der Waals surface area contributed by atoms with Crippen molar-refractivity contribution in [2.24, 2.45) is 0 Å². The first-order chi connectivity index (χ1) is 15.1. The highest BCUT2D eigenvalue weighted by Crippen LogP contribution is 2.43. The van der Waals surface area contributed by atoms with Gasteiger partial charge in [0.15, 0.2) is 10.6 Å². The topological polar surface area (TPSA) is 63.4 Å². The molecule has 3 aromatic carbocycles. The number of nitrogens with zero attached hydrogens (tertiary/aromatic N) is 2. The quantitative estimate of drug-likeness (QED) is 0.383. The van der Waals surface area contributed by atoms with Gasteiger partial charge in [0.25, 0.3) is 5.91 Å². The van der Waals surface area contributed by atoms with E-state index in [1.165, 1.54) is 28.4 Å². The molecule has 3 heterocycles. The van der Waals surface area contributed by atoms with Crippen LogP contribution in [0, 0.1) is 5.82 Å². The van der Waals surface area contributed by atoms with Gasteiger partial charge in [0.05, 0.1) is 27.2 Å². The lowest BCUT2D eigenvalue weighted by molar-refractivity contribution is 0.0971. The van der Waals surface area contributed by atoms with Crippen molar-refractivity contribution in [2.45, 2.75) is 6.04 Å². The summed E-state index contributed by atoms with van der Waals surface area (Å²) in [6.45, 7) is 0. The van der Waals surface area contributed by atoms with Crippen molar-refractivity contribution in [3.05, 3.63) is 106 Å². The van der Waals surface area contributed by atoms with E-state index in [2.05, 4.69) is 4.98 Å². The molecule has 0 radical (unpaired) electrons. The minimum atomic E-state index is -0.834. The second kappa shape index (κ2) is 6.58. The molecule has 0 N–H and O–H groups in total. The number of hydrogen-bond acceptors (Lipinski definition) is 5. The molecular formula is C24H13FN2O3S. The Hall–Kier alpha value is -3.84. The number of halogens is 1. The summed E-state index contributed by atoms with van der Waals surface area (Å²) < 4.78 is 20.9. The molecule has 1 unspecified atom stereocenters. The standard InChI is InChI=1S/C24H13FN2O3S/c25-14-7-5-6-13(12-14)20-19-21(28)15-8-1-3-10-17(15)30-22(19)23(29)27(20)24-26-16-9-2-4-11-18(16)31-24/h1-12,20H. The average Bonchev–Trinajstić information content (AvgIpc) is 3.33. The fraction of sp³-hybridized carbons (Fsp3) is 0.0417. The van der Waals surface area contributed by atoms with E-state index in [0.717, 1.165) is 10.2 Å². The Morgan fingerprint density at radius 2 is 1.77 bits per heavy atom. The Bertz CT molecular complexity index is 1540. The molecule has 0 bridgehead atoms. The van der Waals surface area contributed by atoms with Crippen molar-refractivity contribution in [2.75, 3.05) is 4.90 Å². The third-order valence-electron chi connectivity index (χ3n) is 5.43. The van der Waals surface area contributed by atoms with Gasteiger partial charge < -0.3 is 4.42 Å². The van der Waals surface area contributed by atoms with Gasteiger partial charge in [0.2, 0.25) is 5.76 Å². The molecule has 150 valence electrons. The van der Waals surface area contributed by atoms with Gasteiger partial charge in [-0.3, -0.25) is 14.5 Å². The van der Waals surface area contributed by atoms with Gasteiger partial charge in [-0.05, 0) is 42.0 Å². The number of benzene rings is 3. The van der Waals surface area contributed by atoms with Crippen LogP contribution in [0.5, 0.6) is 0 Å². The van der Waals surface area contributed by atoms with Crippen LogP contribution in [-0.2, 0) is 0 Å². The van der Waals surface area contributed by atoms with Crippen LogP contribution in [0.4, 0.5) is 9.52 Å². The van der Waals surface area contributed by atoms with Crippen molar-refractivity contribution < 1.29 is 13.6 Å². The van der Waals surface area contributed by atoms with E-state index in [1.807, 2.05) is 24.3 Å². The fourth-order valence-corrected chi connectivity index (χ4v) is 5.06. The Balaban J connectivity index is 1.66. The first-order valence-corrected chi connectivity index (χ1v) is 10.4. The zero-order valence-corrected chi connectivity index (χ0v) is 16.7. The van der Waals surface area contributed by atoms with E-state index in [0.29, 0.717) is 21.7 Å². The number of rotatable bonds is 2. The Labute approximate surface area is 179 Å². The Morgan fingerprint density at radius 3 is 2.61 bits per heavy atom. The lowest BCUT2D eigenvalue weighted by Crippen LogP contribution is -2.29. The number of carbonyl (C=O) groups excluding carboxylic acids is 1. The molecule has 1 atom stereocenters. The van der Waals surface area contributed by atoms with E-state index >= 15 is 0 Å². The van der Waals surface area contributed by atoms with Crippen LogP contribution < -0.4 is 10.3 Å². The average molecular weight is 428 g/mol. The third-order valence-corrected chi connectivity index (χ3v) is 6.47. The van der Waals surface area contributed by atoms with E-state index in [4.69, 9.17) is 4.42 Å². The maximum absolute atomic E-state index is 14.1. The van der Waals surface area contributed by atoms with Crippen molar-refractivity contribution >= 4 is 43.6 Å². The summed E-state index contributed by atoms with van der Waals surface area (Å²) in [5.74, 6) is -0.948. The van der Waals surface area contributed by atoms with E-state index < -0.39 is 17.8 Å². The van der Waals surface area contributed by atoms with E-state index in [-0.39, 0.29) is 16.8 Å². The molecule has 5 nitrogen and oxygen atoms in total. The first-order valence-electron chi connectivity index (χ1n) is 9.62. The van der Waals surface area contributed by atoms with Crippen LogP contribution in [0.3, 0.4) is 0 Å². The molecule has 1 aliphatic rings. The van der Waals surface area contributed by atoms with Gasteiger partial charge in [0.1, 0.15) is 11.4 Å². The summed E-state index contributed by atoms with van der Waals surface area (Å²) in [4.78, 5) is 33.0. The lowest BCUT2D eigenvalue weighted by Gasteiger charge is -2.22. The van der Waals surface area contributed by atoms with Crippen LogP contribution in [0.2, 0.25) is 0 Å². The Morgan fingerprint density at radius 1 is 0.968 bits per heavy atom. The molecule has 7 heteroatoms. The Kier molecular flexibility index (Phi) is 3.82. The monoisotopic (exact) mass is 428 g/mol.